The lowest BCUT2D eigenvalue weighted by molar-refractivity contribution is -0.148. The van der Waals surface area contributed by atoms with E-state index in [4.69, 9.17) is 0 Å². The van der Waals surface area contributed by atoms with Gasteiger partial charge in [0.15, 0.2) is 0 Å². The molecule has 32 heavy (non-hydrogen) atoms. The molecule has 4 aliphatic rings. The van der Waals surface area contributed by atoms with Crippen molar-refractivity contribution in [3.8, 4) is 0 Å². The molecule has 0 aromatic carbocycles. The third kappa shape index (κ3) is 4.46. The Balaban J connectivity index is 1.43. The van der Waals surface area contributed by atoms with Crippen molar-refractivity contribution in [3.63, 3.8) is 0 Å². The van der Waals surface area contributed by atoms with Crippen LogP contribution in [0.25, 0.3) is 0 Å². The van der Waals surface area contributed by atoms with E-state index in [-0.39, 0.29) is 0 Å². The maximum Gasteiger partial charge on any atom is 0.0622 e. The number of hydrogen-bond acceptors (Lipinski definition) is 2. The number of aliphatic hydroxyl groups is 2. The molecule has 0 bridgehead atoms. The lowest BCUT2D eigenvalue weighted by atomic mass is 9.43. The Kier molecular flexibility index (Phi) is 6.92. The fourth-order valence-electron chi connectivity index (χ4n) is 9.83. The zero-order valence-corrected chi connectivity index (χ0v) is 22.3. The molecule has 0 saturated heterocycles. The molecule has 4 saturated carbocycles. The van der Waals surface area contributed by atoms with Crippen LogP contribution < -0.4 is 0 Å². The van der Waals surface area contributed by atoms with E-state index in [1.165, 1.54) is 57.8 Å². The first kappa shape index (κ1) is 25.0. The van der Waals surface area contributed by atoms with Crippen molar-refractivity contribution in [2.75, 3.05) is 0 Å². The van der Waals surface area contributed by atoms with Gasteiger partial charge >= 0.3 is 0 Å². The minimum Gasteiger partial charge on any atom is -0.390 e. The van der Waals surface area contributed by atoms with Crippen LogP contribution in [0, 0.1) is 46.3 Å². The second-order valence-electron chi connectivity index (χ2n) is 14.2. The summed E-state index contributed by atoms with van der Waals surface area (Å²) in [5.74, 6) is 5.02. The summed E-state index contributed by atoms with van der Waals surface area (Å²) in [4.78, 5) is 0. The van der Waals surface area contributed by atoms with Gasteiger partial charge in [0.1, 0.15) is 0 Å². The van der Waals surface area contributed by atoms with E-state index in [1.807, 2.05) is 0 Å². The van der Waals surface area contributed by atoms with Gasteiger partial charge < -0.3 is 10.2 Å². The molecule has 0 heterocycles. The van der Waals surface area contributed by atoms with E-state index in [9.17, 15) is 10.2 Å². The van der Waals surface area contributed by atoms with Crippen molar-refractivity contribution in [3.05, 3.63) is 0 Å². The summed E-state index contributed by atoms with van der Waals surface area (Å²) >= 11 is 0. The first-order valence-electron chi connectivity index (χ1n) is 14.4. The van der Waals surface area contributed by atoms with E-state index in [2.05, 4.69) is 41.5 Å². The monoisotopic (exact) mass is 446 g/mol. The quantitative estimate of drug-likeness (QED) is 0.419. The maximum atomic E-state index is 10.8. The Labute approximate surface area is 199 Å². The van der Waals surface area contributed by atoms with Crippen LogP contribution in [0.3, 0.4) is 0 Å². The number of rotatable bonds is 7. The van der Waals surface area contributed by atoms with Crippen LogP contribution in [0.15, 0.2) is 0 Å². The summed E-state index contributed by atoms with van der Waals surface area (Å²) in [7, 11) is 0. The van der Waals surface area contributed by atoms with Gasteiger partial charge in [-0.2, -0.15) is 0 Å². The van der Waals surface area contributed by atoms with E-state index in [1.54, 1.807) is 0 Å². The normalized spacial score (nSPS) is 48.9. The summed E-state index contributed by atoms with van der Waals surface area (Å²) in [6.07, 6.45) is 17.2. The molecule has 186 valence electrons. The van der Waals surface area contributed by atoms with Crippen molar-refractivity contribution < 1.29 is 10.2 Å². The lowest BCUT2D eigenvalue weighted by Gasteiger charge is -2.62. The molecule has 4 aliphatic carbocycles. The van der Waals surface area contributed by atoms with Gasteiger partial charge in [-0.3, -0.25) is 0 Å². The van der Waals surface area contributed by atoms with Crippen LogP contribution in [0.1, 0.15) is 131 Å². The number of fused-ring (bicyclic) bond motifs is 5. The van der Waals surface area contributed by atoms with Gasteiger partial charge in [-0.15, -0.1) is 0 Å². The molecule has 0 spiro atoms. The molecule has 2 N–H and O–H groups in total. The second kappa shape index (κ2) is 8.85. The van der Waals surface area contributed by atoms with Gasteiger partial charge in [-0.25, -0.2) is 0 Å². The molecule has 0 amide bonds. The van der Waals surface area contributed by atoms with Crippen LogP contribution in [0.5, 0.6) is 0 Å². The summed E-state index contributed by atoms with van der Waals surface area (Å²) in [5.41, 5.74) is 0.0792. The SMILES string of the molecule is CCCCC(C)(O)CC[C@@H](C)[C@H]1CC[C@H]2[C@@H]3CC[C@H]4C[C@@](C)(O)CC[C@]4(C)[C@H]3CC[C@]12C. The Hall–Kier alpha value is -0.0800. The highest BCUT2D eigenvalue weighted by Gasteiger charge is 2.61. The second-order valence-corrected chi connectivity index (χ2v) is 14.2. The van der Waals surface area contributed by atoms with Crippen LogP contribution >= 0.6 is 0 Å². The molecule has 4 rings (SSSR count). The fraction of sp³-hybridized carbons (Fsp3) is 1.00. The van der Waals surface area contributed by atoms with Crippen molar-refractivity contribution in [2.24, 2.45) is 46.3 Å². The molecule has 1 unspecified atom stereocenters. The van der Waals surface area contributed by atoms with E-state index in [0.29, 0.717) is 10.8 Å². The minimum absolute atomic E-state index is 0.424. The standard InChI is InChI=1S/C30H54O2/c1-7-8-15-27(3,31)16-13-21(2)24-11-12-25-23-10-9-22-20-28(4,32)18-19-29(22,5)26(23)14-17-30(24,25)6/h21-26,31-32H,7-20H2,1-6H3/t21-,22+,23+,24-,25+,26+,27?,28+,29+,30-/m1/s1. The average molecular weight is 447 g/mol. The highest BCUT2D eigenvalue weighted by Crippen LogP contribution is 2.68. The molecule has 0 aliphatic heterocycles. The fourth-order valence-corrected chi connectivity index (χ4v) is 9.83. The van der Waals surface area contributed by atoms with E-state index >= 15 is 0 Å². The highest BCUT2D eigenvalue weighted by molar-refractivity contribution is 5.10. The van der Waals surface area contributed by atoms with Gasteiger partial charge in [0.25, 0.3) is 0 Å². The summed E-state index contributed by atoms with van der Waals surface area (Å²) in [6, 6.07) is 0. The summed E-state index contributed by atoms with van der Waals surface area (Å²) in [5, 5.41) is 21.6. The molecule has 2 heteroatoms. The third-order valence-electron chi connectivity index (χ3n) is 11.9. The molecule has 2 nitrogen and oxygen atoms in total. The largest absolute Gasteiger partial charge is 0.390 e. The van der Waals surface area contributed by atoms with Crippen molar-refractivity contribution in [1.29, 1.82) is 0 Å². The maximum absolute atomic E-state index is 10.8. The summed E-state index contributed by atoms with van der Waals surface area (Å²) < 4.78 is 0. The first-order valence-corrected chi connectivity index (χ1v) is 14.4. The molecular weight excluding hydrogens is 392 g/mol. The Morgan fingerprint density at radius 1 is 0.906 bits per heavy atom. The van der Waals surface area contributed by atoms with Gasteiger partial charge in [0, 0.05) is 0 Å². The molecule has 0 radical (unpaired) electrons. The van der Waals surface area contributed by atoms with E-state index < -0.39 is 11.2 Å². The van der Waals surface area contributed by atoms with Gasteiger partial charge in [0.2, 0.25) is 0 Å². The topological polar surface area (TPSA) is 40.5 Å². The molecular formula is C30H54O2. The van der Waals surface area contributed by atoms with Crippen LogP contribution in [-0.2, 0) is 0 Å². The van der Waals surface area contributed by atoms with Crippen molar-refractivity contribution in [1.82, 2.24) is 0 Å². The van der Waals surface area contributed by atoms with Crippen molar-refractivity contribution in [2.45, 2.75) is 143 Å². The zero-order chi connectivity index (χ0) is 23.4. The average Bonchev–Trinajstić information content (AvgIpc) is 3.08. The Morgan fingerprint density at radius 3 is 2.34 bits per heavy atom. The smallest absolute Gasteiger partial charge is 0.0622 e. The Morgan fingerprint density at radius 2 is 1.62 bits per heavy atom. The van der Waals surface area contributed by atoms with Crippen LogP contribution in [0.2, 0.25) is 0 Å². The molecule has 0 aromatic heterocycles. The lowest BCUT2D eigenvalue weighted by Crippen LogP contribution is -2.55. The van der Waals surface area contributed by atoms with Gasteiger partial charge in [-0.05, 0) is 137 Å². The highest BCUT2D eigenvalue weighted by atomic mass is 16.3. The van der Waals surface area contributed by atoms with E-state index in [0.717, 1.165) is 67.6 Å². The van der Waals surface area contributed by atoms with Crippen molar-refractivity contribution >= 4 is 0 Å². The number of unbranched alkanes of at least 4 members (excludes halogenated alkanes) is 1. The van der Waals surface area contributed by atoms with Crippen LogP contribution in [0.4, 0.5) is 0 Å². The predicted molar refractivity (Wildman–Crippen MR) is 134 cm³/mol. The number of hydrogen-bond donors (Lipinski definition) is 2. The molecule has 0 aromatic rings. The first-order chi connectivity index (χ1) is 14.9. The third-order valence-corrected chi connectivity index (χ3v) is 11.9. The molecule has 4 fully saturated rings. The molecule has 10 atom stereocenters. The van der Waals surface area contributed by atoms with Gasteiger partial charge in [-0.1, -0.05) is 40.5 Å². The zero-order valence-electron chi connectivity index (χ0n) is 22.3. The minimum atomic E-state index is -0.476. The predicted octanol–water partition coefficient (Wildman–Crippen LogP) is 7.75. The van der Waals surface area contributed by atoms with Gasteiger partial charge in [0.05, 0.1) is 11.2 Å². The Bertz CT molecular complexity index is 653. The summed E-state index contributed by atoms with van der Waals surface area (Å²) in [6.45, 7) is 14.1. The van der Waals surface area contributed by atoms with Crippen LogP contribution in [-0.4, -0.2) is 21.4 Å².